The lowest BCUT2D eigenvalue weighted by atomic mass is 10.2. The lowest BCUT2D eigenvalue weighted by Gasteiger charge is -2.17. The molecule has 1 aromatic rings. The highest BCUT2D eigenvalue weighted by atomic mass is 35.5. The topological polar surface area (TPSA) is 62.1 Å². The van der Waals surface area contributed by atoms with Crippen LogP contribution in [0.4, 0.5) is 5.69 Å². The quantitative estimate of drug-likeness (QED) is 0.833. The van der Waals surface area contributed by atoms with Gasteiger partial charge in [-0.3, -0.25) is 0 Å². The number of carbonyl (C=O) groups is 1. The third-order valence-electron chi connectivity index (χ3n) is 2.41. The first-order valence-corrected chi connectivity index (χ1v) is 6.13. The van der Waals surface area contributed by atoms with Crippen LogP contribution < -0.4 is 5.32 Å². The van der Waals surface area contributed by atoms with Gasteiger partial charge in [0.15, 0.2) is 0 Å². The molecule has 0 amide bonds. The molecular weight excluding hydrogens is 252 g/mol. The summed E-state index contributed by atoms with van der Waals surface area (Å²) in [5.41, 5.74) is 1.10. The Hall–Kier alpha value is -1.73. The van der Waals surface area contributed by atoms with Crippen LogP contribution in [0.15, 0.2) is 18.2 Å². The zero-order valence-corrected chi connectivity index (χ0v) is 11.1. The molecule has 18 heavy (non-hydrogen) atoms. The van der Waals surface area contributed by atoms with Crippen molar-refractivity contribution in [2.75, 3.05) is 11.9 Å². The summed E-state index contributed by atoms with van der Waals surface area (Å²) < 4.78 is 4.96. The first-order valence-electron chi connectivity index (χ1n) is 5.75. The SMILES string of the molecule is CCOC(=O)C(CC)Nc1ccc(C#N)cc1Cl. The molecule has 4 nitrogen and oxygen atoms in total. The number of halogens is 1. The van der Waals surface area contributed by atoms with Gasteiger partial charge in [0.2, 0.25) is 0 Å². The summed E-state index contributed by atoms with van der Waals surface area (Å²) in [6.07, 6.45) is 0.592. The molecule has 0 spiro atoms. The molecule has 1 atom stereocenters. The second-order valence-corrected chi connectivity index (χ2v) is 4.07. The Morgan fingerprint density at radius 2 is 2.28 bits per heavy atom. The molecule has 0 heterocycles. The molecule has 0 aliphatic heterocycles. The van der Waals surface area contributed by atoms with Gasteiger partial charge in [-0.15, -0.1) is 0 Å². The van der Waals surface area contributed by atoms with Gasteiger partial charge in [-0.2, -0.15) is 5.26 Å². The van der Waals surface area contributed by atoms with E-state index in [9.17, 15) is 4.79 Å². The van der Waals surface area contributed by atoms with Gasteiger partial charge in [-0.25, -0.2) is 4.79 Å². The molecule has 0 saturated heterocycles. The number of nitriles is 1. The summed E-state index contributed by atoms with van der Waals surface area (Å²) in [6, 6.07) is 6.45. The van der Waals surface area contributed by atoms with Gasteiger partial charge < -0.3 is 10.1 Å². The Bertz CT molecular complexity index is 469. The monoisotopic (exact) mass is 266 g/mol. The average Bonchev–Trinajstić information content (AvgIpc) is 2.37. The van der Waals surface area contributed by atoms with Crippen LogP contribution in [0.3, 0.4) is 0 Å². The molecule has 0 bridgehead atoms. The van der Waals surface area contributed by atoms with Crippen LogP contribution >= 0.6 is 11.6 Å². The summed E-state index contributed by atoms with van der Waals surface area (Å²) in [5, 5.41) is 12.2. The lowest BCUT2D eigenvalue weighted by Crippen LogP contribution is -2.30. The van der Waals surface area contributed by atoms with E-state index in [-0.39, 0.29) is 5.97 Å². The molecular formula is C13H15ClN2O2. The highest BCUT2D eigenvalue weighted by Crippen LogP contribution is 2.24. The van der Waals surface area contributed by atoms with E-state index in [2.05, 4.69) is 5.32 Å². The number of nitrogens with zero attached hydrogens (tertiary/aromatic N) is 1. The fourth-order valence-corrected chi connectivity index (χ4v) is 1.70. The minimum atomic E-state index is -0.435. The molecule has 0 fully saturated rings. The summed E-state index contributed by atoms with van der Waals surface area (Å²) in [7, 11) is 0. The van der Waals surface area contributed by atoms with Gasteiger partial charge >= 0.3 is 5.97 Å². The number of rotatable bonds is 5. The van der Waals surface area contributed by atoms with Crippen molar-refractivity contribution in [3.05, 3.63) is 28.8 Å². The van der Waals surface area contributed by atoms with Crippen molar-refractivity contribution >= 4 is 23.3 Å². The van der Waals surface area contributed by atoms with Crippen molar-refractivity contribution in [2.45, 2.75) is 26.3 Å². The predicted molar refractivity (Wildman–Crippen MR) is 70.5 cm³/mol. The molecule has 0 saturated carbocycles. The van der Waals surface area contributed by atoms with Crippen LogP contribution in [0.25, 0.3) is 0 Å². The number of hydrogen-bond donors (Lipinski definition) is 1. The van der Waals surface area contributed by atoms with Crippen LogP contribution in [-0.2, 0) is 9.53 Å². The van der Waals surface area contributed by atoms with E-state index in [1.54, 1.807) is 25.1 Å². The van der Waals surface area contributed by atoms with E-state index in [0.29, 0.717) is 29.3 Å². The fraction of sp³-hybridized carbons (Fsp3) is 0.385. The Morgan fingerprint density at radius 3 is 2.78 bits per heavy atom. The largest absolute Gasteiger partial charge is 0.464 e. The fourth-order valence-electron chi connectivity index (χ4n) is 1.46. The summed E-state index contributed by atoms with van der Waals surface area (Å²) >= 11 is 6.03. The number of anilines is 1. The Balaban J connectivity index is 2.82. The zero-order chi connectivity index (χ0) is 13.5. The molecule has 0 radical (unpaired) electrons. The van der Waals surface area contributed by atoms with Gasteiger partial charge in [0, 0.05) is 0 Å². The molecule has 1 aromatic carbocycles. The van der Waals surface area contributed by atoms with Gasteiger partial charge in [-0.05, 0) is 31.5 Å². The number of benzene rings is 1. The maximum Gasteiger partial charge on any atom is 0.328 e. The van der Waals surface area contributed by atoms with E-state index in [0.717, 1.165) is 0 Å². The van der Waals surface area contributed by atoms with Crippen LogP contribution in [0.1, 0.15) is 25.8 Å². The van der Waals surface area contributed by atoms with Crippen molar-refractivity contribution in [1.82, 2.24) is 0 Å². The van der Waals surface area contributed by atoms with Crippen molar-refractivity contribution < 1.29 is 9.53 Å². The van der Waals surface area contributed by atoms with Crippen LogP contribution in [0.5, 0.6) is 0 Å². The lowest BCUT2D eigenvalue weighted by molar-refractivity contribution is -0.144. The number of esters is 1. The van der Waals surface area contributed by atoms with Crippen molar-refractivity contribution in [1.29, 1.82) is 5.26 Å². The number of hydrogen-bond acceptors (Lipinski definition) is 4. The normalized spacial score (nSPS) is 11.4. The number of carbonyl (C=O) groups excluding carboxylic acids is 1. The van der Waals surface area contributed by atoms with E-state index in [1.165, 1.54) is 0 Å². The maximum atomic E-state index is 11.6. The summed E-state index contributed by atoms with van der Waals surface area (Å²) in [6.45, 7) is 3.99. The Labute approximate surface area is 112 Å². The molecule has 5 heteroatoms. The molecule has 1 N–H and O–H groups in total. The Kier molecular flexibility index (Phi) is 5.47. The molecule has 0 aliphatic carbocycles. The maximum absolute atomic E-state index is 11.6. The van der Waals surface area contributed by atoms with Gasteiger partial charge in [-0.1, -0.05) is 18.5 Å². The molecule has 1 unspecified atom stereocenters. The highest BCUT2D eigenvalue weighted by molar-refractivity contribution is 6.33. The molecule has 0 aromatic heterocycles. The highest BCUT2D eigenvalue weighted by Gasteiger charge is 2.18. The molecule has 0 aliphatic rings. The summed E-state index contributed by atoms with van der Waals surface area (Å²) in [4.78, 5) is 11.6. The van der Waals surface area contributed by atoms with E-state index in [1.807, 2.05) is 13.0 Å². The third kappa shape index (κ3) is 3.64. The predicted octanol–water partition coefficient (Wildman–Crippen LogP) is 2.97. The second kappa shape index (κ2) is 6.87. The number of ether oxygens (including phenoxy) is 1. The first kappa shape index (κ1) is 14.3. The third-order valence-corrected chi connectivity index (χ3v) is 2.72. The van der Waals surface area contributed by atoms with Crippen LogP contribution in [-0.4, -0.2) is 18.6 Å². The standard InChI is InChI=1S/C13H15ClN2O2/c1-3-11(13(17)18-4-2)16-12-6-5-9(8-15)7-10(12)14/h5-7,11,16H,3-4H2,1-2H3. The van der Waals surface area contributed by atoms with Gasteiger partial charge in [0.25, 0.3) is 0 Å². The minimum absolute atomic E-state index is 0.305. The van der Waals surface area contributed by atoms with E-state index < -0.39 is 6.04 Å². The zero-order valence-electron chi connectivity index (χ0n) is 10.4. The average molecular weight is 267 g/mol. The Morgan fingerprint density at radius 1 is 1.56 bits per heavy atom. The minimum Gasteiger partial charge on any atom is -0.464 e. The smallest absolute Gasteiger partial charge is 0.328 e. The van der Waals surface area contributed by atoms with Crippen LogP contribution in [0.2, 0.25) is 5.02 Å². The van der Waals surface area contributed by atoms with E-state index in [4.69, 9.17) is 21.6 Å². The van der Waals surface area contributed by atoms with Crippen molar-refractivity contribution in [3.8, 4) is 6.07 Å². The van der Waals surface area contributed by atoms with Gasteiger partial charge in [0.1, 0.15) is 6.04 Å². The van der Waals surface area contributed by atoms with Crippen molar-refractivity contribution in [3.63, 3.8) is 0 Å². The second-order valence-electron chi connectivity index (χ2n) is 3.66. The summed E-state index contributed by atoms with van der Waals surface area (Å²) in [5.74, 6) is -0.305. The molecule has 96 valence electrons. The molecule has 1 rings (SSSR count). The van der Waals surface area contributed by atoms with Crippen molar-refractivity contribution in [2.24, 2.45) is 0 Å². The first-order chi connectivity index (χ1) is 8.62. The van der Waals surface area contributed by atoms with Gasteiger partial charge in [0.05, 0.1) is 28.9 Å². The number of nitrogens with one attached hydrogen (secondary N) is 1. The van der Waals surface area contributed by atoms with E-state index >= 15 is 0 Å². The van der Waals surface area contributed by atoms with Crippen LogP contribution in [0, 0.1) is 11.3 Å².